The fourth-order valence-electron chi connectivity index (χ4n) is 3.21. The van der Waals surface area contributed by atoms with Crippen LogP contribution in [-0.4, -0.2) is 29.2 Å². The Hall–Kier alpha value is -1.51. The summed E-state index contributed by atoms with van der Waals surface area (Å²) < 4.78 is 5.55. The van der Waals surface area contributed by atoms with Gasteiger partial charge in [-0.2, -0.15) is 0 Å². The maximum atomic E-state index is 12.4. The lowest BCUT2D eigenvalue weighted by Gasteiger charge is -2.39. The number of carbonyl (C=O) groups excluding carboxylic acids is 1. The molecular weight excluding hydrogens is 274 g/mol. The highest BCUT2D eigenvalue weighted by molar-refractivity contribution is 5.68. The summed E-state index contributed by atoms with van der Waals surface area (Å²) >= 11 is 0. The van der Waals surface area contributed by atoms with E-state index in [0.717, 1.165) is 32.2 Å². The molecule has 0 spiro atoms. The van der Waals surface area contributed by atoms with Crippen LogP contribution < -0.4 is 0 Å². The number of ether oxygens (including phenoxy) is 1. The molecule has 1 aromatic carbocycles. The number of benzene rings is 1. The van der Waals surface area contributed by atoms with E-state index in [2.05, 4.69) is 37.3 Å². The van der Waals surface area contributed by atoms with Crippen LogP contribution in [0.15, 0.2) is 30.3 Å². The number of hydrogen-bond acceptors (Lipinski definition) is 2. The minimum atomic E-state index is -0.420. The lowest BCUT2D eigenvalue weighted by Crippen LogP contribution is -2.48. The number of hydrogen-bond donors (Lipinski definition) is 0. The molecule has 122 valence electrons. The molecule has 0 N–H and O–H groups in total. The molecule has 0 aromatic heterocycles. The second-order valence-electron chi connectivity index (χ2n) is 7.32. The Labute approximate surface area is 134 Å². The van der Waals surface area contributed by atoms with Crippen molar-refractivity contribution in [2.24, 2.45) is 5.92 Å². The Bertz CT molecular complexity index is 478. The van der Waals surface area contributed by atoms with Gasteiger partial charge in [0, 0.05) is 12.6 Å². The van der Waals surface area contributed by atoms with Crippen molar-refractivity contribution < 1.29 is 9.53 Å². The van der Waals surface area contributed by atoms with Gasteiger partial charge >= 0.3 is 6.09 Å². The van der Waals surface area contributed by atoms with E-state index >= 15 is 0 Å². The summed E-state index contributed by atoms with van der Waals surface area (Å²) in [5, 5.41) is 0. The minimum absolute atomic E-state index is 0.155. The Morgan fingerprint density at radius 3 is 2.55 bits per heavy atom. The fraction of sp³-hybridized carbons (Fsp3) is 0.632. The molecule has 1 aliphatic rings. The van der Waals surface area contributed by atoms with Crippen molar-refractivity contribution in [3.8, 4) is 0 Å². The number of likely N-dealkylation sites (tertiary alicyclic amines) is 1. The zero-order valence-electron chi connectivity index (χ0n) is 14.3. The van der Waals surface area contributed by atoms with E-state index in [1.54, 1.807) is 0 Å². The fourth-order valence-corrected chi connectivity index (χ4v) is 3.21. The molecule has 1 aromatic rings. The van der Waals surface area contributed by atoms with E-state index in [4.69, 9.17) is 4.74 Å². The Morgan fingerprint density at radius 2 is 1.95 bits per heavy atom. The van der Waals surface area contributed by atoms with Crippen molar-refractivity contribution in [2.75, 3.05) is 6.54 Å². The molecule has 1 heterocycles. The van der Waals surface area contributed by atoms with Crippen LogP contribution in [0.2, 0.25) is 0 Å². The van der Waals surface area contributed by atoms with Gasteiger partial charge in [-0.15, -0.1) is 0 Å². The summed E-state index contributed by atoms with van der Waals surface area (Å²) in [5.41, 5.74) is 0.976. The molecule has 2 rings (SSSR count). The third-order valence-corrected chi connectivity index (χ3v) is 4.29. The van der Waals surface area contributed by atoms with Gasteiger partial charge in [0.15, 0.2) is 0 Å². The van der Waals surface area contributed by atoms with Crippen molar-refractivity contribution in [3.05, 3.63) is 35.9 Å². The first-order valence-electron chi connectivity index (χ1n) is 8.42. The standard InChI is InChI=1S/C19H29NO2/c1-5-17-14-16(13-15-9-7-6-8-10-15)11-12-20(17)18(21)22-19(2,3)4/h6-10,16-17H,5,11-14H2,1-4H3. The number of amides is 1. The van der Waals surface area contributed by atoms with E-state index < -0.39 is 5.60 Å². The summed E-state index contributed by atoms with van der Waals surface area (Å²) in [6.07, 6.45) is 4.08. The normalized spacial score (nSPS) is 22.5. The highest BCUT2D eigenvalue weighted by Crippen LogP contribution is 2.29. The van der Waals surface area contributed by atoms with Crippen molar-refractivity contribution in [2.45, 2.75) is 65.0 Å². The molecule has 0 saturated carbocycles. The van der Waals surface area contributed by atoms with Gasteiger partial charge in [-0.25, -0.2) is 4.79 Å². The first-order valence-corrected chi connectivity index (χ1v) is 8.42. The monoisotopic (exact) mass is 303 g/mol. The third-order valence-electron chi connectivity index (χ3n) is 4.29. The second-order valence-corrected chi connectivity index (χ2v) is 7.32. The van der Waals surface area contributed by atoms with Crippen molar-refractivity contribution >= 4 is 6.09 Å². The molecule has 1 amide bonds. The van der Waals surface area contributed by atoms with E-state index in [1.165, 1.54) is 5.56 Å². The van der Waals surface area contributed by atoms with Crippen molar-refractivity contribution in [1.29, 1.82) is 0 Å². The molecule has 2 atom stereocenters. The SMILES string of the molecule is CCC1CC(Cc2ccccc2)CCN1C(=O)OC(C)(C)C. The molecule has 0 bridgehead atoms. The summed E-state index contributed by atoms with van der Waals surface area (Å²) in [4.78, 5) is 14.3. The van der Waals surface area contributed by atoms with Crippen LogP contribution >= 0.6 is 0 Å². The molecule has 1 aliphatic heterocycles. The zero-order chi connectivity index (χ0) is 16.2. The van der Waals surface area contributed by atoms with Gasteiger partial charge < -0.3 is 9.64 Å². The minimum Gasteiger partial charge on any atom is -0.444 e. The molecule has 22 heavy (non-hydrogen) atoms. The number of nitrogens with zero attached hydrogens (tertiary/aromatic N) is 1. The van der Waals surface area contributed by atoms with Crippen molar-refractivity contribution in [3.63, 3.8) is 0 Å². The molecule has 3 nitrogen and oxygen atoms in total. The van der Waals surface area contributed by atoms with Crippen LogP contribution in [0.1, 0.15) is 52.5 Å². The summed E-state index contributed by atoms with van der Waals surface area (Å²) in [6.45, 7) is 8.74. The Kier molecular flexibility index (Phi) is 5.49. The summed E-state index contributed by atoms with van der Waals surface area (Å²) in [5.74, 6) is 0.658. The maximum absolute atomic E-state index is 12.4. The average Bonchev–Trinajstić information content (AvgIpc) is 2.46. The van der Waals surface area contributed by atoms with Crippen LogP contribution in [0.4, 0.5) is 4.79 Å². The van der Waals surface area contributed by atoms with Gasteiger partial charge in [0.05, 0.1) is 0 Å². The van der Waals surface area contributed by atoms with E-state index in [1.807, 2.05) is 25.7 Å². The smallest absolute Gasteiger partial charge is 0.410 e. The second kappa shape index (κ2) is 7.17. The van der Waals surface area contributed by atoms with Gasteiger partial charge in [0.2, 0.25) is 0 Å². The molecule has 0 aliphatic carbocycles. The third kappa shape index (κ3) is 4.75. The lowest BCUT2D eigenvalue weighted by atomic mass is 9.85. The van der Waals surface area contributed by atoms with E-state index in [0.29, 0.717) is 12.0 Å². The largest absolute Gasteiger partial charge is 0.444 e. The Morgan fingerprint density at radius 1 is 1.27 bits per heavy atom. The van der Waals surface area contributed by atoms with Crippen LogP contribution in [0, 0.1) is 5.92 Å². The van der Waals surface area contributed by atoms with Crippen molar-refractivity contribution in [1.82, 2.24) is 4.90 Å². The van der Waals surface area contributed by atoms with Crippen LogP contribution in [0.5, 0.6) is 0 Å². The highest BCUT2D eigenvalue weighted by atomic mass is 16.6. The average molecular weight is 303 g/mol. The Balaban J connectivity index is 1.95. The first kappa shape index (κ1) is 16.9. The molecule has 1 saturated heterocycles. The molecule has 3 heteroatoms. The van der Waals surface area contributed by atoms with Crippen LogP contribution in [0.3, 0.4) is 0 Å². The number of carbonyl (C=O) groups is 1. The predicted molar refractivity (Wildman–Crippen MR) is 89.9 cm³/mol. The first-order chi connectivity index (χ1) is 10.4. The molecule has 2 unspecified atom stereocenters. The van der Waals surface area contributed by atoms with Gasteiger partial charge in [-0.3, -0.25) is 0 Å². The predicted octanol–water partition coefficient (Wildman–Crippen LogP) is 4.65. The van der Waals surface area contributed by atoms with Crippen LogP contribution in [-0.2, 0) is 11.2 Å². The van der Waals surface area contributed by atoms with E-state index in [-0.39, 0.29) is 6.09 Å². The molecular formula is C19H29NO2. The highest BCUT2D eigenvalue weighted by Gasteiger charge is 2.33. The lowest BCUT2D eigenvalue weighted by molar-refractivity contribution is 0.00412. The number of rotatable bonds is 3. The quantitative estimate of drug-likeness (QED) is 0.813. The van der Waals surface area contributed by atoms with E-state index in [9.17, 15) is 4.79 Å². The number of piperidine rings is 1. The topological polar surface area (TPSA) is 29.5 Å². The molecule has 0 radical (unpaired) electrons. The zero-order valence-corrected chi connectivity index (χ0v) is 14.3. The van der Waals surface area contributed by atoms with Crippen LogP contribution in [0.25, 0.3) is 0 Å². The molecule has 1 fully saturated rings. The summed E-state index contributed by atoms with van der Waals surface area (Å²) in [7, 11) is 0. The van der Waals surface area contributed by atoms with Gasteiger partial charge in [0.1, 0.15) is 5.60 Å². The van der Waals surface area contributed by atoms with Gasteiger partial charge in [0.25, 0.3) is 0 Å². The van der Waals surface area contributed by atoms with Gasteiger partial charge in [-0.1, -0.05) is 37.3 Å². The summed E-state index contributed by atoms with van der Waals surface area (Å²) in [6, 6.07) is 11.0. The maximum Gasteiger partial charge on any atom is 0.410 e. The van der Waals surface area contributed by atoms with Gasteiger partial charge in [-0.05, 0) is 57.9 Å².